The number of carbonyl (C=O) groups is 6. The third-order valence-corrected chi connectivity index (χ3v) is 7.76. The lowest BCUT2D eigenvalue weighted by molar-refractivity contribution is -0.142. The van der Waals surface area contributed by atoms with Crippen LogP contribution in [0.1, 0.15) is 36.8 Å². The Morgan fingerprint density at radius 2 is 1.13 bits per heavy atom. The van der Waals surface area contributed by atoms with E-state index in [9.17, 15) is 33.9 Å². The highest BCUT2D eigenvalue weighted by Crippen LogP contribution is 2.21. The Bertz CT molecular complexity index is 1780. The molecule has 0 aliphatic heterocycles. The van der Waals surface area contributed by atoms with Gasteiger partial charge in [-0.1, -0.05) is 36.4 Å². The van der Waals surface area contributed by atoms with Crippen molar-refractivity contribution >= 4 is 57.4 Å². The van der Waals surface area contributed by atoms with Gasteiger partial charge in [0.1, 0.15) is 18.1 Å². The van der Waals surface area contributed by atoms with Crippen molar-refractivity contribution in [2.75, 3.05) is 0 Å². The number of amides is 4. The number of nitrogens with two attached hydrogens (primary N) is 2. The zero-order valence-electron chi connectivity index (χ0n) is 25.3. The molecule has 2 heterocycles. The second kappa shape index (κ2) is 15.5. The second-order valence-electron chi connectivity index (χ2n) is 11.2. The Morgan fingerprint density at radius 3 is 1.60 bits per heavy atom. The van der Waals surface area contributed by atoms with Gasteiger partial charge in [0.05, 0.1) is 6.04 Å². The molecule has 15 heteroatoms. The molecular weight excluding hydrogens is 610 g/mol. The molecule has 0 aliphatic rings. The SMILES string of the molecule is NC(=O)CCC(NC(=O)C(Cc1c[nH]c2ccccc12)NC(=O)C(Cc1c[nH]c2ccccc12)NC(=O)C(N)CCC(=O)O)C(=O)O. The Labute approximate surface area is 268 Å². The van der Waals surface area contributed by atoms with E-state index in [2.05, 4.69) is 25.9 Å². The summed E-state index contributed by atoms with van der Waals surface area (Å²) in [6.07, 6.45) is 2.19. The molecule has 4 amide bonds. The monoisotopic (exact) mass is 647 g/mol. The number of nitrogens with one attached hydrogen (secondary N) is 5. The van der Waals surface area contributed by atoms with Gasteiger partial charge in [-0.15, -0.1) is 0 Å². The molecule has 4 atom stereocenters. The van der Waals surface area contributed by atoms with E-state index in [0.29, 0.717) is 11.1 Å². The van der Waals surface area contributed by atoms with Crippen LogP contribution in [0.5, 0.6) is 0 Å². The largest absolute Gasteiger partial charge is 0.481 e. The normalized spacial score (nSPS) is 13.7. The minimum absolute atomic E-state index is 0.0228. The fourth-order valence-corrected chi connectivity index (χ4v) is 5.24. The minimum atomic E-state index is -1.47. The van der Waals surface area contributed by atoms with Gasteiger partial charge in [0.25, 0.3) is 0 Å². The molecule has 4 rings (SSSR count). The number of H-pyrrole nitrogens is 2. The van der Waals surface area contributed by atoms with Crippen molar-refractivity contribution in [3.8, 4) is 0 Å². The highest BCUT2D eigenvalue weighted by Gasteiger charge is 2.32. The van der Waals surface area contributed by atoms with Crippen molar-refractivity contribution in [3.05, 3.63) is 72.1 Å². The molecule has 11 N–H and O–H groups in total. The summed E-state index contributed by atoms with van der Waals surface area (Å²) in [6.45, 7) is 0. The molecule has 2 aromatic carbocycles. The summed E-state index contributed by atoms with van der Waals surface area (Å²) in [7, 11) is 0. The van der Waals surface area contributed by atoms with Crippen LogP contribution in [0, 0.1) is 0 Å². The summed E-state index contributed by atoms with van der Waals surface area (Å²) in [5.74, 6) is -5.64. The number of carboxylic acid groups (broad SMARTS) is 2. The molecule has 0 aliphatic carbocycles. The zero-order valence-corrected chi connectivity index (χ0v) is 25.3. The number of benzene rings is 2. The number of aromatic nitrogens is 2. The van der Waals surface area contributed by atoms with Crippen LogP contribution in [-0.4, -0.2) is 79.9 Å². The van der Waals surface area contributed by atoms with Gasteiger partial charge < -0.3 is 47.6 Å². The maximum Gasteiger partial charge on any atom is 0.326 e. The van der Waals surface area contributed by atoms with E-state index in [1.165, 1.54) is 0 Å². The number of carboxylic acids is 2. The average Bonchev–Trinajstić information content (AvgIpc) is 3.64. The first-order valence-electron chi connectivity index (χ1n) is 14.9. The summed E-state index contributed by atoms with van der Waals surface area (Å²) in [4.78, 5) is 81.0. The number of aliphatic carboxylic acids is 2. The number of hydrogen-bond acceptors (Lipinski definition) is 7. The van der Waals surface area contributed by atoms with E-state index >= 15 is 0 Å². The van der Waals surface area contributed by atoms with Crippen molar-refractivity contribution in [1.82, 2.24) is 25.9 Å². The van der Waals surface area contributed by atoms with Crippen molar-refractivity contribution in [3.63, 3.8) is 0 Å². The van der Waals surface area contributed by atoms with E-state index in [0.717, 1.165) is 21.8 Å². The van der Waals surface area contributed by atoms with Crippen LogP contribution in [0.15, 0.2) is 60.9 Å². The van der Waals surface area contributed by atoms with Gasteiger partial charge in [-0.25, -0.2) is 4.79 Å². The maximum atomic E-state index is 13.9. The van der Waals surface area contributed by atoms with Crippen molar-refractivity contribution in [2.24, 2.45) is 11.5 Å². The van der Waals surface area contributed by atoms with Crippen LogP contribution in [0.3, 0.4) is 0 Å². The Kier molecular flexibility index (Phi) is 11.3. The fourth-order valence-electron chi connectivity index (χ4n) is 5.24. The van der Waals surface area contributed by atoms with Crippen LogP contribution in [0.2, 0.25) is 0 Å². The molecule has 0 saturated heterocycles. The first-order chi connectivity index (χ1) is 22.4. The Morgan fingerprint density at radius 1 is 0.660 bits per heavy atom. The van der Waals surface area contributed by atoms with Crippen LogP contribution in [0.4, 0.5) is 0 Å². The number of para-hydroxylation sites is 2. The fraction of sp³-hybridized carbons (Fsp3) is 0.312. The highest BCUT2D eigenvalue weighted by atomic mass is 16.4. The number of hydrogen-bond donors (Lipinski definition) is 9. The summed E-state index contributed by atoms with van der Waals surface area (Å²) in [6, 6.07) is 9.33. The lowest BCUT2D eigenvalue weighted by Gasteiger charge is -2.25. The minimum Gasteiger partial charge on any atom is -0.481 e. The van der Waals surface area contributed by atoms with Crippen molar-refractivity contribution < 1.29 is 39.0 Å². The zero-order chi connectivity index (χ0) is 34.1. The molecule has 0 fully saturated rings. The molecule has 0 radical (unpaired) electrons. The Hall–Kier alpha value is -5.70. The molecule has 2 aromatic heterocycles. The molecule has 0 spiro atoms. The predicted octanol–water partition coefficient (Wildman–Crippen LogP) is 0.431. The van der Waals surface area contributed by atoms with Crippen LogP contribution in [-0.2, 0) is 41.6 Å². The highest BCUT2D eigenvalue weighted by molar-refractivity contribution is 5.95. The lowest BCUT2D eigenvalue weighted by Crippen LogP contribution is -2.58. The van der Waals surface area contributed by atoms with Crippen LogP contribution in [0.25, 0.3) is 21.8 Å². The first-order valence-corrected chi connectivity index (χ1v) is 14.9. The molecular formula is C32H37N7O8. The predicted molar refractivity (Wildman–Crippen MR) is 171 cm³/mol. The molecule has 0 bridgehead atoms. The van der Waals surface area contributed by atoms with E-state index in [1.807, 2.05) is 42.5 Å². The number of aromatic amines is 2. The maximum absolute atomic E-state index is 13.9. The number of fused-ring (bicyclic) bond motifs is 2. The molecule has 4 aromatic rings. The summed E-state index contributed by atoms with van der Waals surface area (Å²) < 4.78 is 0. The van der Waals surface area contributed by atoms with Crippen molar-refractivity contribution in [1.29, 1.82) is 0 Å². The van der Waals surface area contributed by atoms with Gasteiger partial charge in [0.15, 0.2) is 0 Å². The number of rotatable bonds is 17. The average molecular weight is 648 g/mol. The first kappa shape index (κ1) is 34.2. The molecule has 4 unspecified atom stereocenters. The second-order valence-corrected chi connectivity index (χ2v) is 11.2. The van der Waals surface area contributed by atoms with E-state index in [-0.39, 0.29) is 38.5 Å². The lowest BCUT2D eigenvalue weighted by atomic mass is 10.0. The third-order valence-electron chi connectivity index (χ3n) is 7.76. The molecule has 47 heavy (non-hydrogen) atoms. The molecule has 0 saturated carbocycles. The standard InChI is InChI=1S/C32H37N7O8/c33-21(9-12-28(41)42)29(43)38-25(13-17-15-35-22-7-3-1-5-19(17)22)31(45)39-26(14-18-16-36-23-8-4-2-6-20(18)23)30(44)37-24(32(46)47)10-11-27(34)40/h1-8,15-16,21,24-26,35-36H,9-14,33H2,(H2,34,40)(H,37,44)(H,38,43)(H,39,45)(H,41,42)(H,46,47). The Balaban J connectivity index is 1.63. The summed E-state index contributed by atoms with van der Waals surface area (Å²) in [5.41, 5.74) is 14.0. The van der Waals surface area contributed by atoms with Crippen LogP contribution >= 0.6 is 0 Å². The van der Waals surface area contributed by atoms with Crippen molar-refractivity contribution in [2.45, 2.75) is 62.7 Å². The number of carbonyl (C=O) groups excluding carboxylic acids is 4. The van der Waals surface area contributed by atoms with Gasteiger partial charge in [-0.05, 0) is 36.1 Å². The van der Waals surface area contributed by atoms with Gasteiger partial charge in [0.2, 0.25) is 23.6 Å². The van der Waals surface area contributed by atoms with E-state index in [4.69, 9.17) is 16.6 Å². The van der Waals surface area contributed by atoms with Gasteiger partial charge >= 0.3 is 11.9 Å². The van der Waals surface area contributed by atoms with Crippen LogP contribution < -0.4 is 27.4 Å². The molecule has 15 nitrogen and oxygen atoms in total. The summed E-state index contributed by atoms with van der Waals surface area (Å²) in [5, 5.41) is 27.9. The topological polar surface area (TPSA) is 263 Å². The quantitative estimate of drug-likeness (QED) is 0.0768. The third kappa shape index (κ3) is 9.17. The number of primary amides is 1. The summed E-state index contributed by atoms with van der Waals surface area (Å²) >= 11 is 0. The van der Waals surface area contributed by atoms with E-state index < -0.39 is 59.7 Å². The van der Waals surface area contributed by atoms with Gasteiger partial charge in [-0.3, -0.25) is 24.0 Å². The van der Waals surface area contributed by atoms with E-state index in [1.54, 1.807) is 18.5 Å². The smallest absolute Gasteiger partial charge is 0.326 e. The van der Waals surface area contributed by atoms with Gasteiger partial charge in [-0.2, -0.15) is 0 Å². The molecule has 248 valence electrons. The van der Waals surface area contributed by atoms with Gasteiger partial charge in [0, 0.05) is 59.9 Å².